The molecular formula is C27H23N3O2. The Bertz CT molecular complexity index is 1270. The van der Waals surface area contributed by atoms with Crippen molar-refractivity contribution >= 4 is 22.5 Å². The summed E-state index contributed by atoms with van der Waals surface area (Å²) in [6, 6.07) is 21.3. The van der Waals surface area contributed by atoms with Gasteiger partial charge in [0.2, 0.25) is 0 Å². The van der Waals surface area contributed by atoms with Crippen molar-refractivity contribution in [1.29, 1.82) is 0 Å². The van der Waals surface area contributed by atoms with Crippen LogP contribution in [0.3, 0.4) is 0 Å². The summed E-state index contributed by atoms with van der Waals surface area (Å²) < 4.78 is 0. The van der Waals surface area contributed by atoms with E-state index < -0.39 is 0 Å². The zero-order chi connectivity index (χ0) is 21.9. The van der Waals surface area contributed by atoms with Crippen molar-refractivity contribution in [3.05, 3.63) is 108 Å². The minimum atomic E-state index is -0.128. The number of Topliss-reactive ketones (excluding diaryl/α,β-unsaturated/α-hetero) is 1. The molecular weight excluding hydrogens is 398 g/mol. The second kappa shape index (κ2) is 8.71. The molecule has 2 heterocycles. The highest BCUT2D eigenvalue weighted by molar-refractivity contribution is 5.94. The fourth-order valence-electron chi connectivity index (χ4n) is 4.15. The van der Waals surface area contributed by atoms with Gasteiger partial charge in [-0.05, 0) is 59.2 Å². The molecule has 2 aromatic carbocycles. The summed E-state index contributed by atoms with van der Waals surface area (Å²) in [5.41, 5.74) is 3.59. The molecule has 4 aromatic rings. The SMILES string of the molecule is O=C(NCc1ccccn1)c1ccc(C2CC2C(=O)Cc2ccc3cnccc3c2)cc1. The first kappa shape index (κ1) is 20.1. The lowest BCUT2D eigenvalue weighted by Gasteiger charge is -2.06. The summed E-state index contributed by atoms with van der Waals surface area (Å²) in [4.78, 5) is 33.5. The second-order valence-corrected chi connectivity index (χ2v) is 8.27. The van der Waals surface area contributed by atoms with Gasteiger partial charge in [0.15, 0.2) is 0 Å². The van der Waals surface area contributed by atoms with E-state index in [0.29, 0.717) is 18.5 Å². The monoisotopic (exact) mass is 421 g/mol. The van der Waals surface area contributed by atoms with Gasteiger partial charge >= 0.3 is 0 Å². The molecule has 2 atom stereocenters. The molecule has 0 bridgehead atoms. The molecule has 0 saturated heterocycles. The number of ketones is 1. The van der Waals surface area contributed by atoms with Gasteiger partial charge in [-0.3, -0.25) is 19.6 Å². The highest BCUT2D eigenvalue weighted by Gasteiger charge is 2.43. The van der Waals surface area contributed by atoms with E-state index in [9.17, 15) is 9.59 Å². The van der Waals surface area contributed by atoms with Crippen LogP contribution >= 0.6 is 0 Å². The largest absolute Gasteiger partial charge is 0.346 e. The van der Waals surface area contributed by atoms with Crippen LogP contribution in [0.1, 0.15) is 39.5 Å². The lowest BCUT2D eigenvalue weighted by Crippen LogP contribution is -2.23. The van der Waals surface area contributed by atoms with Crippen LogP contribution in [-0.4, -0.2) is 21.7 Å². The van der Waals surface area contributed by atoms with E-state index in [2.05, 4.69) is 21.4 Å². The van der Waals surface area contributed by atoms with Gasteiger partial charge in [0, 0.05) is 41.9 Å². The van der Waals surface area contributed by atoms with Gasteiger partial charge in [0.05, 0.1) is 12.2 Å². The maximum Gasteiger partial charge on any atom is 0.251 e. The van der Waals surface area contributed by atoms with Gasteiger partial charge < -0.3 is 5.32 Å². The lowest BCUT2D eigenvalue weighted by atomic mass is 10.00. The third kappa shape index (κ3) is 4.42. The van der Waals surface area contributed by atoms with Crippen molar-refractivity contribution in [2.45, 2.75) is 25.3 Å². The Morgan fingerprint density at radius 3 is 2.62 bits per heavy atom. The van der Waals surface area contributed by atoms with Crippen LogP contribution in [0.25, 0.3) is 10.8 Å². The molecule has 1 fully saturated rings. The van der Waals surface area contributed by atoms with E-state index >= 15 is 0 Å². The predicted molar refractivity (Wildman–Crippen MR) is 123 cm³/mol. The molecule has 5 heteroatoms. The van der Waals surface area contributed by atoms with Crippen molar-refractivity contribution in [1.82, 2.24) is 15.3 Å². The molecule has 1 N–H and O–H groups in total. The first-order valence-corrected chi connectivity index (χ1v) is 10.8. The van der Waals surface area contributed by atoms with E-state index in [1.54, 1.807) is 12.4 Å². The summed E-state index contributed by atoms with van der Waals surface area (Å²) >= 11 is 0. The molecule has 1 amide bonds. The smallest absolute Gasteiger partial charge is 0.251 e. The first-order valence-electron chi connectivity index (χ1n) is 10.8. The number of rotatable bonds is 7. The van der Waals surface area contributed by atoms with Crippen LogP contribution in [0, 0.1) is 5.92 Å². The van der Waals surface area contributed by atoms with Gasteiger partial charge in [0.25, 0.3) is 5.91 Å². The number of hydrogen-bond donors (Lipinski definition) is 1. The Kier molecular flexibility index (Phi) is 5.46. The summed E-state index contributed by atoms with van der Waals surface area (Å²) in [5, 5.41) is 5.07. The number of nitrogens with zero attached hydrogens (tertiary/aromatic N) is 2. The lowest BCUT2D eigenvalue weighted by molar-refractivity contribution is -0.119. The molecule has 1 aliphatic carbocycles. The molecule has 1 aliphatic rings. The number of pyridine rings is 2. The fraction of sp³-hybridized carbons (Fsp3) is 0.185. The quantitative estimate of drug-likeness (QED) is 0.478. The van der Waals surface area contributed by atoms with Crippen LogP contribution in [0.15, 0.2) is 85.3 Å². The standard InChI is InChI=1S/C27H23N3O2/c31-26(14-18-4-5-22-16-28-12-10-21(22)13-18)25-15-24(25)19-6-8-20(9-7-19)27(32)30-17-23-3-1-2-11-29-23/h1-13,16,24-25H,14-15,17H2,(H,30,32). The van der Waals surface area contributed by atoms with Gasteiger partial charge in [-0.2, -0.15) is 0 Å². The second-order valence-electron chi connectivity index (χ2n) is 8.27. The summed E-state index contributed by atoms with van der Waals surface area (Å²) in [6.07, 6.45) is 6.64. The van der Waals surface area contributed by atoms with Crippen LogP contribution < -0.4 is 5.32 Å². The van der Waals surface area contributed by atoms with Gasteiger partial charge in [0.1, 0.15) is 5.78 Å². The average molecular weight is 422 g/mol. The zero-order valence-electron chi connectivity index (χ0n) is 17.6. The fourth-order valence-corrected chi connectivity index (χ4v) is 4.15. The molecule has 1 saturated carbocycles. The summed E-state index contributed by atoms with van der Waals surface area (Å²) in [7, 11) is 0. The Morgan fingerprint density at radius 1 is 0.938 bits per heavy atom. The van der Waals surface area contributed by atoms with Crippen molar-refractivity contribution in [2.24, 2.45) is 5.92 Å². The number of fused-ring (bicyclic) bond motifs is 1. The number of carbonyl (C=O) groups excluding carboxylic acids is 2. The molecule has 158 valence electrons. The summed E-state index contributed by atoms with van der Waals surface area (Å²) in [6.45, 7) is 0.395. The number of amides is 1. The Balaban J connectivity index is 1.17. The molecule has 32 heavy (non-hydrogen) atoms. The van der Waals surface area contributed by atoms with Crippen molar-refractivity contribution in [3.63, 3.8) is 0 Å². The zero-order valence-corrected chi connectivity index (χ0v) is 17.6. The molecule has 5 nitrogen and oxygen atoms in total. The highest BCUT2D eigenvalue weighted by atomic mass is 16.1. The molecule has 2 unspecified atom stereocenters. The Hall–Kier alpha value is -3.86. The minimum Gasteiger partial charge on any atom is -0.346 e. The Labute approximate surface area is 186 Å². The van der Waals surface area contributed by atoms with Gasteiger partial charge in [-0.1, -0.05) is 36.4 Å². The molecule has 0 radical (unpaired) electrons. The number of aromatic nitrogens is 2. The van der Waals surface area contributed by atoms with E-state index in [1.807, 2.05) is 66.9 Å². The van der Waals surface area contributed by atoms with E-state index in [-0.39, 0.29) is 23.5 Å². The Morgan fingerprint density at radius 2 is 1.81 bits per heavy atom. The van der Waals surface area contributed by atoms with Crippen LogP contribution in [0.2, 0.25) is 0 Å². The van der Waals surface area contributed by atoms with Crippen LogP contribution in [-0.2, 0) is 17.8 Å². The number of hydrogen-bond acceptors (Lipinski definition) is 4. The van der Waals surface area contributed by atoms with E-state index in [1.165, 1.54) is 0 Å². The topological polar surface area (TPSA) is 72.0 Å². The van der Waals surface area contributed by atoms with E-state index in [4.69, 9.17) is 0 Å². The van der Waals surface area contributed by atoms with Crippen molar-refractivity contribution in [2.75, 3.05) is 0 Å². The van der Waals surface area contributed by atoms with Gasteiger partial charge in [-0.25, -0.2) is 0 Å². The third-order valence-corrected chi connectivity index (χ3v) is 6.04. The normalized spacial score (nSPS) is 17.1. The molecule has 0 aliphatic heterocycles. The average Bonchev–Trinajstić information content (AvgIpc) is 3.64. The molecule has 0 spiro atoms. The van der Waals surface area contributed by atoms with Gasteiger partial charge in [-0.15, -0.1) is 0 Å². The third-order valence-electron chi connectivity index (χ3n) is 6.04. The predicted octanol–water partition coefficient (Wildman–Crippen LogP) is 4.48. The minimum absolute atomic E-state index is 0.0620. The number of benzene rings is 2. The first-order chi connectivity index (χ1) is 15.7. The van der Waals surface area contributed by atoms with Crippen LogP contribution in [0.5, 0.6) is 0 Å². The number of carbonyl (C=O) groups is 2. The highest BCUT2D eigenvalue weighted by Crippen LogP contribution is 2.48. The van der Waals surface area contributed by atoms with Crippen molar-refractivity contribution in [3.8, 4) is 0 Å². The molecule has 5 rings (SSSR count). The maximum absolute atomic E-state index is 12.8. The van der Waals surface area contributed by atoms with E-state index in [0.717, 1.165) is 34.0 Å². The maximum atomic E-state index is 12.8. The number of nitrogens with one attached hydrogen (secondary N) is 1. The van der Waals surface area contributed by atoms with Crippen molar-refractivity contribution < 1.29 is 9.59 Å². The molecule has 2 aromatic heterocycles. The summed E-state index contributed by atoms with van der Waals surface area (Å²) in [5.74, 6) is 0.461. The van der Waals surface area contributed by atoms with Crippen LogP contribution in [0.4, 0.5) is 0 Å².